The molecule has 0 amide bonds. The van der Waals surface area contributed by atoms with Crippen LogP contribution in [0.1, 0.15) is 11.6 Å². The Labute approximate surface area is 159 Å². The van der Waals surface area contributed by atoms with Crippen LogP contribution >= 0.6 is 23.2 Å². The van der Waals surface area contributed by atoms with Gasteiger partial charge in [-0.1, -0.05) is 35.3 Å². The Balaban J connectivity index is 1.63. The van der Waals surface area contributed by atoms with Crippen molar-refractivity contribution in [2.75, 3.05) is 5.73 Å². The van der Waals surface area contributed by atoms with Gasteiger partial charge < -0.3 is 10.2 Å². The zero-order valence-corrected chi connectivity index (χ0v) is 15.0. The second-order valence-electron chi connectivity index (χ2n) is 5.67. The Hall–Kier alpha value is -2.82. The number of furan rings is 1. The van der Waals surface area contributed by atoms with Crippen LogP contribution in [0, 0.1) is 0 Å². The summed E-state index contributed by atoms with van der Waals surface area (Å²) in [5.41, 5.74) is 7.62. The van der Waals surface area contributed by atoms with E-state index in [1.807, 2.05) is 42.5 Å². The van der Waals surface area contributed by atoms with E-state index in [9.17, 15) is 0 Å². The molecule has 128 valence electrons. The van der Waals surface area contributed by atoms with E-state index in [2.05, 4.69) is 9.97 Å². The van der Waals surface area contributed by atoms with E-state index >= 15 is 0 Å². The van der Waals surface area contributed by atoms with Crippen LogP contribution in [0.3, 0.4) is 0 Å². The number of rotatable bonds is 3. The third-order valence-electron chi connectivity index (χ3n) is 3.84. The fourth-order valence-electron chi connectivity index (χ4n) is 2.62. The molecule has 2 heterocycles. The van der Waals surface area contributed by atoms with Crippen molar-refractivity contribution in [2.45, 2.75) is 0 Å². The molecule has 26 heavy (non-hydrogen) atoms. The van der Waals surface area contributed by atoms with Crippen LogP contribution in [-0.2, 0) is 0 Å². The lowest BCUT2D eigenvalue weighted by atomic mass is 10.2. The number of aromatic nitrogens is 2. The SMILES string of the molecule is Nc1nc(C=Cc2ccc(-c3cccc(Cl)c3)o2)nc2cc(Cl)ccc12. The van der Waals surface area contributed by atoms with Gasteiger partial charge in [-0.15, -0.1) is 0 Å². The highest BCUT2D eigenvalue weighted by molar-refractivity contribution is 6.31. The summed E-state index contributed by atoms with van der Waals surface area (Å²) in [4.78, 5) is 8.77. The molecule has 2 aromatic carbocycles. The molecule has 0 radical (unpaired) electrons. The lowest BCUT2D eigenvalue weighted by Gasteiger charge is -2.02. The summed E-state index contributed by atoms with van der Waals surface area (Å²) < 4.78 is 5.83. The molecule has 0 saturated carbocycles. The van der Waals surface area contributed by atoms with E-state index in [4.69, 9.17) is 33.4 Å². The summed E-state index contributed by atoms with van der Waals surface area (Å²) in [6.45, 7) is 0. The molecule has 6 heteroatoms. The summed E-state index contributed by atoms with van der Waals surface area (Å²) >= 11 is 12.0. The number of hydrogen-bond donors (Lipinski definition) is 1. The van der Waals surface area contributed by atoms with E-state index < -0.39 is 0 Å². The van der Waals surface area contributed by atoms with Crippen molar-refractivity contribution >= 4 is 52.1 Å². The lowest BCUT2D eigenvalue weighted by Crippen LogP contribution is -1.97. The number of halogens is 2. The van der Waals surface area contributed by atoms with E-state index in [-0.39, 0.29) is 0 Å². The van der Waals surface area contributed by atoms with Gasteiger partial charge >= 0.3 is 0 Å². The van der Waals surface area contributed by atoms with Crippen LogP contribution in [0.4, 0.5) is 5.82 Å². The summed E-state index contributed by atoms with van der Waals surface area (Å²) in [7, 11) is 0. The molecule has 0 unspecified atom stereocenters. The van der Waals surface area contributed by atoms with Crippen LogP contribution in [0.5, 0.6) is 0 Å². The molecule has 2 N–H and O–H groups in total. The van der Waals surface area contributed by atoms with Crippen molar-refractivity contribution in [3.8, 4) is 11.3 Å². The summed E-state index contributed by atoms with van der Waals surface area (Å²) in [6.07, 6.45) is 3.54. The molecule has 4 nitrogen and oxygen atoms in total. The van der Waals surface area contributed by atoms with Crippen LogP contribution in [0.15, 0.2) is 59.0 Å². The Morgan fingerprint density at radius 3 is 2.58 bits per heavy atom. The highest BCUT2D eigenvalue weighted by Crippen LogP contribution is 2.26. The number of fused-ring (bicyclic) bond motifs is 1. The van der Waals surface area contributed by atoms with Gasteiger partial charge in [-0.05, 0) is 54.6 Å². The fraction of sp³-hybridized carbons (Fsp3) is 0. The molecule has 4 aromatic rings. The highest BCUT2D eigenvalue weighted by Gasteiger charge is 2.06. The first-order chi connectivity index (χ1) is 12.6. The third kappa shape index (κ3) is 3.43. The second-order valence-corrected chi connectivity index (χ2v) is 6.55. The Bertz CT molecular complexity index is 1140. The Morgan fingerprint density at radius 2 is 1.73 bits per heavy atom. The van der Waals surface area contributed by atoms with Gasteiger partial charge in [0.05, 0.1) is 5.52 Å². The predicted molar refractivity (Wildman–Crippen MR) is 107 cm³/mol. The molecular weight excluding hydrogens is 369 g/mol. The zero-order valence-electron chi connectivity index (χ0n) is 13.5. The molecule has 0 bridgehead atoms. The summed E-state index contributed by atoms with van der Waals surface area (Å²) in [5, 5.41) is 2.03. The molecular formula is C20H13Cl2N3O. The Kier molecular flexibility index (Phi) is 4.37. The molecule has 0 aliphatic heterocycles. The zero-order chi connectivity index (χ0) is 18.1. The smallest absolute Gasteiger partial charge is 0.155 e. The van der Waals surface area contributed by atoms with Crippen LogP contribution in [-0.4, -0.2) is 9.97 Å². The minimum atomic E-state index is 0.408. The average molecular weight is 382 g/mol. The number of nitrogens with two attached hydrogens (primary N) is 1. The molecule has 0 atom stereocenters. The van der Waals surface area contributed by atoms with Crippen molar-refractivity contribution in [2.24, 2.45) is 0 Å². The maximum atomic E-state index is 6.02. The van der Waals surface area contributed by atoms with Gasteiger partial charge in [0.15, 0.2) is 5.82 Å². The number of nitrogen functional groups attached to an aromatic ring is 1. The van der Waals surface area contributed by atoms with Gasteiger partial charge in [0.2, 0.25) is 0 Å². The van der Waals surface area contributed by atoms with Crippen LogP contribution in [0.2, 0.25) is 10.0 Å². The first-order valence-corrected chi connectivity index (χ1v) is 8.61. The number of benzene rings is 2. The molecule has 0 saturated heterocycles. The van der Waals surface area contributed by atoms with Gasteiger partial charge in [-0.3, -0.25) is 0 Å². The first kappa shape index (κ1) is 16.6. The quantitative estimate of drug-likeness (QED) is 0.476. The minimum Gasteiger partial charge on any atom is -0.457 e. The fourth-order valence-corrected chi connectivity index (χ4v) is 2.97. The predicted octanol–water partition coefficient (Wildman–Crippen LogP) is 5.95. The second kappa shape index (κ2) is 6.83. The van der Waals surface area contributed by atoms with E-state index in [0.717, 1.165) is 16.7 Å². The van der Waals surface area contributed by atoms with E-state index in [1.165, 1.54) is 0 Å². The van der Waals surface area contributed by atoms with Crippen LogP contribution < -0.4 is 5.73 Å². The van der Waals surface area contributed by atoms with Crippen molar-refractivity contribution in [1.29, 1.82) is 0 Å². The molecule has 2 aromatic heterocycles. The normalized spacial score (nSPS) is 11.5. The Morgan fingerprint density at radius 1 is 0.885 bits per heavy atom. The maximum absolute atomic E-state index is 6.02. The van der Waals surface area contributed by atoms with Crippen molar-refractivity contribution in [3.05, 3.63) is 76.2 Å². The van der Waals surface area contributed by atoms with Crippen molar-refractivity contribution in [3.63, 3.8) is 0 Å². The lowest BCUT2D eigenvalue weighted by molar-refractivity contribution is 0.572. The third-order valence-corrected chi connectivity index (χ3v) is 4.31. The van der Waals surface area contributed by atoms with E-state index in [0.29, 0.717) is 33.0 Å². The number of hydrogen-bond acceptors (Lipinski definition) is 4. The van der Waals surface area contributed by atoms with E-state index in [1.54, 1.807) is 24.3 Å². The molecule has 0 fully saturated rings. The first-order valence-electron chi connectivity index (χ1n) is 7.85. The standard InChI is InChI=1S/C20H13Cl2N3O/c21-13-3-1-2-12(10-13)18-8-5-15(26-18)6-9-19-24-17-11-14(22)4-7-16(17)20(23)25-19/h1-11H,(H2,23,24,25). The topological polar surface area (TPSA) is 64.9 Å². The largest absolute Gasteiger partial charge is 0.457 e. The van der Waals surface area contributed by atoms with Crippen LogP contribution in [0.25, 0.3) is 34.4 Å². The summed E-state index contributed by atoms with van der Waals surface area (Å²) in [6, 6.07) is 16.6. The number of nitrogens with zero attached hydrogens (tertiary/aromatic N) is 2. The molecule has 0 spiro atoms. The number of anilines is 1. The molecule has 4 rings (SSSR count). The van der Waals surface area contributed by atoms with Gasteiger partial charge in [-0.2, -0.15) is 0 Å². The minimum absolute atomic E-state index is 0.408. The average Bonchev–Trinajstić information content (AvgIpc) is 3.09. The maximum Gasteiger partial charge on any atom is 0.155 e. The summed E-state index contributed by atoms with van der Waals surface area (Å²) in [5.74, 6) is 2.30. The van der Waals surface area contributed by atoms with Crippen molar-refractivity contribution < 1.29 is 4.42 Å². The molecule has 0 aliphatic carbocycles. The highest BCUT2D eigenvalue weighted by atomic mass is 35.5. The van der Waals surface area contributed by atoms with Gasteiger partial charge in [0, 0.05) is 21.0 Å². The van der Waals surface area contributed by atoms with Gasteiger partial charge in [0.1, 0.15) is 17.3 Å². The monoisotopic (exact) mass is 381 g/mol. The molecule has 0 aliphatic rings. The van der Waals surface area contributed by atoms with Gasteiger partial charge in [-0.25, -0.2) is 9.97 Å². The van der Waals surface area contributed by atoms with Gasteiger partial charge in [0.25, 0.3) is 0 Å². The van der Waals surface area contributed by atoms with Crippen molar-refractivity contribution in [1.82, 2.24) is 9.97 Å².